The number of Topliss-reactive ketones (excluding diaryl/α,β-unsaturated/α-hetero) is 2. The van der Waals surface area contributed by atoms with Gasteiger partial charge in [0.1, 0.15) is 11.6 Å². The normalized spacial score (nSPS) is 16.7. The number of ketones is 2. The molecule has 0 radical (unpaired) electrons. The van der Waals surface area contributed by atoms with Gasteiger partial charge in [0.15, 0.2) is 0 Å². The van der Waals surface area contributed by atoms with Gasteiger partial charge < -0.3 is 4.43 Å². The summed E-state index contributed by atoms with van der Waals surface area (Å²) in [4.78, 5) is 24.0. The van der Waals surface area contributed by atoms with Crippen LogP contribution in [0.15, 0.2) is 60.7 Å². The van der Waals surface area contributed by atoms with Gasteiger partial charge in [-0.15, -0.1) is 0 Å². The smallest absolute Gasteiger partial charge is 0.261 e. The van der Waals surface area contributed by atoms with Crippen LogP contribution in [0.25, 0.3) is 0 Å². The van der Waals surface area contributed by atoms with E-state index >= 15 is 0 Å². The molecule has 0 unspecified atom stereocenters. The lowest BCUT2D eigenvalue weighted by atomic mass is 9.96. The van der Waals surface area contributed by atoms with Gasteiger partial charge in [-0.05, 0) is 15.4 Å². The van der Waals surface area contributed by atoms with Gasteiger partial charge in [0, 0.05) is 12.8 Å². The lowest BCUT2D eigenvalue weighted by Crippen LogP contribution is -2.68. The van der Waals surface area contributed by atoms with Crippen LogP contribution >= 0.6 is 0 Å². The maximum atomic E-state index is 12.0. The van der Waals surface area contributed by atoms with E-state index in [2.05, 4.69) is 45.0 Å². The van der Waals surface area contributed by atoms with E-state index in [1.807, 2.05) is 36.4 Å². The molecule has 1 saturated carbocycles. The Morgan fingerprint density at radius 1 is 0.808 bits per heavy atom. The second kappa shape index (κ2) is 7.29. The highest BCUT2D eigenvalue weighted by Gasteiger charge is 2.52. The van der Waals surface area contributed by atoms with Gasteiger partial charge in [0.05, 0.1) is 12.5 Å². The molecule has 0 heterocycles. The molecule has 4 heteroatoms. The Morgan fingerprint density at radius 2 is 1.23 bits per heavy atom. The van der Waals surface area contributed by atoms with E-state index in [0.29, 0.717) is 12.8 Å². The molecule has 0 spiro atoms. The Morgan fingerprint density at radius 3 is 1.62 bits per heavy atom. The summed E-state index contributed by atoms with van der Waals surface area (Å²) in [6, 6.07) is 20.6. The summed E-state index contributed by atoms with van der Waals surface area (Å²) in [6.45, 7) is 6.60. The van der Waals surface area contributed by atoms with Gasteiger partial charge in [0.2, 0.25) is 0 Å². The van der Waals surface area contributed by atoms with Crippen molar-refractivity contribution in [2.24, 2.45) is 0 Å². The van der Waals surface area contributed by atoms with Gasteiger partial charge in [-0.2, -0.15) is 0 Å². The van der Waals surface area contributed by atoms with E-state index in [1.165, 1.54) is 10.4 Å². The quantitative estimate of drug-likeness (QED) is 0.616. The Balaban J connectivity index is 2.14. The molecular formula is C22H26O3Si. The molecular weight excluding hydrogens is 340 g/mol. The maximum absolute atomic E-state index is 12.0. The van der Waals surface area contributed by atoms with Gasteiger partial charge >= 0.3 is 0 Å². The zero-order valence-electron chi connectivity index (χ0n) is 15.7. The Bertz CT molecular complexity index is 723. The fourth-order valence-electron chi connectivity index (χ4n) is 3.97. The second-order valence-corrected chi connectivity index (χ2v) is 12.3. The molecule has 0 aliphatic heterocycles. The van der Waals surface area contributed by atoms with E-state index in [9.17, 15) is 9.59 Å². The number of carbonyl (C=O) groups is 2. The van der Waals surface area contributed by atoms with Crippen LogP contribution in [0.3, 0.4) is 0 Å². The van der Waals surface area contributed by atoms with E-state index in [1.54, 1.807) is 0 Å². The summed E-state index contributed by atoms with van der Waals surface area (Å²) in [7, 11) is -2.70. The zero-order chi connectivity index (χ0) is 18.8. The molecule has 2 aromatic rings. The maximum Gasteiger partial charge on any atom is 0.261 e. The fourth-order valence-corrected chi connectivity index (χ4v) is 8.65. The molecule has 3 rings (SSSR count). The Hall–Kier alpha value is -2.04. The lowest BCUT2D eigenvalue weighted by molar-refractivity contribution is -0.132. The van der Waals surface area contributed by atoms with Crippen molar-refractivity contribution in [1.29, 1.82) is 0 Å². The van der Waals surface area contributed by atoms with Crippen LogP contribution in [0.2, 0.25) is 5.04 Å². The topological polar surface area (TPSA) is 43.4 Å². The number of hydrogen-bond donors (Lipinski definition) is 0. The number of hydrogen-bond acceptors (Lipinski definition) is 3. The molecule has 136 valence electrons. The number of rotatable bonds is 4. The largest absolute Gasteiger partial charge is 0.404 e. The molecule has 0 aromatic heterocycles. The highest BCUT2D eigenvalue weighted by Crippen LogP contribution is 2.38. The monoisotopic (exact) mass is 366 g/mol. The van der Waals surface area contributed by atoms with Crippen molar-refractivity contribution in [3.63, 3.8) is 0 Å². The van der Waals surface area contributed by atoms with Crippen LogP contribution in [-0.2, 0) is 14.0 Å². The Kier molecular flexibility index (Phi) is 5.26. The molecule has 0 N–H and O–H groups in total. The second-order valence-electron chi connectivity index (χ2n) is 8.07. The zero-order valence-corrected chi connectivity index (χ0v) is 16.7. The van der Waals surface area contributed by atoms with Crippen molar-refractivity contribution >= 4 is 30.3 Å². The van der Waals surface area contributed by atoms with Crippen LogP contribution < -0.4 is 10.4 Å². The summed E-state index contributed by atoms with van der Waals surface area (Å²) in [5.41, 5.74) is 0. The van der Waals surface area contributed by atoms with Crippen LogP contribution in [0.4, 0.5) is 0 Å². The van der Waals surface area contributed by atoms with E-state index in [4.69, 9.17) is 4.43 Å². The van der Waals surface area contributed by atoms with Crippen molar-refractivity contribution in [3.05, 3.63) is 60.7 Å². The minimum Gasteiger partial charge on any atom is -0.404 e. The van der Waals surface area contributed by atoms with Crippen molar-refractivity contribution in [2.75, 3.05) is 0 Å². The molecule has 2 aromatic carbocycles. The minimum atomic E-state index is -2.70. The highest BCUT2D eigenvalue weighted by atomic mass is 28.4. The van der Waals surface area contributed by atoms with Crippen LogP contribution in [0.1, 0.15) is 40.0 Å². The van der Waals surface area contributed by atoms with Gasteiger partial charge in [-0.1, -0.05) is 81.4 Å². The standard InChI is InChI=1S/C22H26O3Si/c1-22(2,3)26(20-10-6-4-7-11-20,21-12-8-5-9-13-21)25-19-15-17(23)14-18(24)16-19/h4-13,19H,14-16H2,1-3H3. The van der Waals surface area contributed by atoms with E-state index < -0.39 is 8.32 Å². The predicted molar refractivity (Wildman–Crippen MR) is 106 cm³/mol. The Labute approximate surface area is 156 Å². The van der Waals surface area contributed by atoms with E-state index in [-0.39, 0.29) is 29.1 Å². The van der Waals surface area contributed by atoms with Crippen LogP contribution in [-0.4, -0.2) is 26.0 Å². The van der Waals surface area contributed by atoms with Crippen molar-refractivity contribution < 1.29 is 14.0 Å². The molecule has 0 atom stereocenters. The molecule has 3 nitrogen and oxygen atoms in total. The van der Waals surface area contributed by atoms with Gasteiger partial charge in [-0.3, -0.25) is 9.59 Å². The summed E-state index contributed by atoms with van der Waals surface area (Å²) in [5, 5.41) is 2.19. The molecule has 0 saturated heterocycles. The molecule has 0 bridgehead atoms. The predicted octanol–water partition coefficient (Wildman–Crippen LogP) is 3.25. The fraction of sp³-hybridized carbons (Fsp3) is 0.364. The first-order valence-corrected chi connectivity index (χ1v) is 11.1. The first-order valence-electron chi connectivity index (χ1n) is 9.15. The van der Waals surface area contributed by atoms with Gasteiger partial charge in [-0.25, -0.2) is 0 Å². The third kappa shape index (κ3) is 3.57. The number of benzene rings is 2. The summed E-state index contributed by atoms with van der Waals surface area (Å²) < 4.78 is 6.85. The first-order chi connectivity index (χ1) is 12.3. The molecule has 1 fully saturated rings. The van der Waals surface area contributed by atoms with Crippen molar-refractivity contribution in [2.45, 2.75) is 51.2 Å². The van der Waals surface area contributed by atoms with E-state index in [0.717, 1.165) is 0 Å². The van der Waals surface area contributed by atoms with Crippen LogP contribution in [0.5, 0.6) is 0 Å². The molecule has 26 heavy (non-hydrogen) atoms. The third-order valence-electron chi connectivity index (χ3n) is 5.07. The summed E-state index contributed by atoms with van der Waals surface area (Å²) in [5.74, 6) is -0.0200. The van der Waals surface area contributed by atoms with Gasteiger partial charge in [0.25, 0.3) is 8.32 Å². The minimum absolute atomic E-state index is 0.0100. The lowest BCUT2D eigenvalue weighted by Gasteiger charge is -2.45. The van der Waals surface area contributed by atoms with Crippen molar-refractivity contribution in [1.82, 2.24) is 0 Å². The summed E-state index contributed by atoms with van der Waals surface area (Å²) >= 11 is 0. The molecule has 1 aliphatic rings. The number of carbonyl (C=O) groups excluding carboxylic acids is 2. The van der Waals surface area contributed by atoms with Crippen molar-refractivity contribution in [3.8, 4) is 0 Å². The third-order valence-corrected chi connectivity index (χ3v) is 10.2. The molecule has 1 aliphatic carbocycles. The summed E-state index contributed by atoms with van der Waals surface area (Å²) in [6.07, 6.45) is 0.377. The van der Waals surface area contributed by atoms with Crippen LogP contribution in [0, 0.1) is 0 Å². The average molecular weight is 367 g/mol. The highest BCUT2D eigenvalue weighted by molar-refractivity contribution is 6.99. The first kappa shape index (κ1) is 18.7. The molecule has 0 amide bonds. The SMILES string of the molecule is CC(C)(C)[Si](OC1CC(=O)CC(=O)C1)(c1ccccc1)c1ccccc1. The average Bonchev–Trinajstić information content (AvgIpc) is 2.59.